The van der Waals surface area contributed by atoms with Gasteiger partial charge in [-0.05, 0) is 12.1 Å². The van der Waals surface area contributed by atoms with Crippen LogP contribution < -0.4 is 5.32 Å². The minimum atomic E-state index is -0.282. The van der Waals surface area contributed by atoms with E-state index in [0.717, 1.165) is 0 Å². The first kappa shape index (κ1) is 8.55. The molecule has 0 aliphatic heterocycles. The number of hydrogen-bond donors (Lipinski definition) is 1. The van der Waals surface area contributed by atoms with E-state index in [1.54, 1.807) is 18.4 Å². The van der Waals surface area contributed by atoms with Crippen LogP contribution in [0.25, 0.3) is 0 Å². The van der Waals surface area contributed by atoms with Crippen LogP contribution in [0.3, 0.4) is 0 Å². The summed E-state index contributed by atoms with van der Waals surface area (Å²) in [6, 6.07) is 3.54. The molecule has 72 valence electrons. The van der Waals surface area contributed by atoms with Gasteiger partial charge in [0.05, 0.1) is 12.8 Å². The Labute approximate surface area is 79.7 Å². The highest BCUT2D eigenvalue weighted by molar-refractivity contribution is 5.91. The molecule has 0 radical (unpaired) electrons. The van der Waals surface area contributed by atoms with Crippen molar-refractivity contribution < 1.29 is 13.6 Å². The second-order valence-electron chi connectivity index (χ2n) is 2.64. The van der Waals surface area contributed by atoms with Crippen LogP contribution in [-0.4, -0.2) is 10.9 Å². The van der Waals surface area contributed by atoms with Crippen LogP contribution in [0.15, 0.2) is 39.9 Å². The van der Waals surface area contributed by atoms with Gasteiger partial charge in [0, 0.05) is 0 Å². The standard InChI is InChI=1S/C9H8N2O3/c12-9(8-5-13-6-11-8)10-4-7-2-1-3-14-7/h1-3,5-6H,4H2,(H,10,12). The van der Waals surface area contributed by atoms with Crippen molar-refractivity contribution in [3.8, 4) is 0 Å². The van der Waals surface area contributed by atoms with Gasteiger partial charge < -0.3 is 14.2 Å². The summed E-state index contributed by atoms with van der Waals surface area (Å²) in [4.78, 5) is 15.0. The first-order valence-electron chi connectivity index (χ1n) is 4.05. The molecule has 2 heterocycles. The fourth-order valence-electron chi connectivity index (χ4n) is 0.996. The van der Waals surface area contributed by atoms with E-state index < -0.39 is 0 Å². The largest absolute Gasteiger partial charge is 0.467 e. The Hall–Kier alpha value is -2.04. The molecule has 0 bridgehead atoms. The third-order valence-electron chi connectivity index (χ3n) is 1.67. The molecule has 0 saturated carbocycles. The van der Waals surface area contributed by atoms with Crippen LogP contribution in [0.4, 0.5) is 0 Å². The Bertz CT molecular complexity index is 392. The molecular weight excluding hydrogens is 184 g/mol. The summed E-state index contributed by atoms with van der Waals surface area (Å²) in [6.07, 6.45) is 4.05. The Morgan fingerprint density at radius 2 is 2.50 bits per heavy atom. The second-order valence-corrected chi connectivity index (χ2v) is 2.64. The maximum atomic E-state index is 11.3. The topological polar surface area (TPSA) is 68.3 Å². The summed E-state index contributed by atoms with van der Waals surface area (Å²) in [5.41, 5.74) is 0.261. The Morgan fingerprint density at radius 1 is 1.57 bits per heavy atom. The SMILES string of the molecule is O=C(NCc1ccco1)c1cocn1. The average Bonchev–Trinajstić information content (AvgIpc) is 2.87. The number of aromatic nitrogens is 1. The van der Waals surface area contributed by atoms with E-state index in [4.69, 9.17) is 4.42 Å². The van der Waals surface area contributed by atoms with Gasteiger partial charge >= 0.3 is 0 Å². The lowest BCUT2D eigenvalue weighted by Gasteiger charge is -1.98. The summed E-state index contributed by atoms with van der Waals surface area (Å²) in [5.74, 6) is 0.414. The van der Waals surface area contributed by atoms with Crippen LogP contribution >= 0.6 is 0 Å². The van der Waals surface area contributed by atoms with Crippen molar-refractivity contribution in [1.82, 2.24) is 10.3 Å². The van der Waals surface area contributed by atoms with E-state index in [1.165, 1.54) is 12.7 Å². The van der Waals surface area contributed by atoms with Crippen molar-refractivity contribution in [2.24, 2.45) is 0 Å². The maximum Gasteiger partial charge on any atom is 0.273 e. The molecule has 0 fully saturated rings. The fourth-order valence-corrected chi connectivity index (χ4v) is 0.996. The number of nitrogens with zero attached hydrogens (tertiary/aromatic N) is 1. The predicted molar refractivity (Wildman–Crippen MR) is 46.4 cm³/mol. The molecule has 5 heteroatoms. The van der Waals surface area contributed by atoms with Crippen molar-refractivity contribution in [2.45, 2.75) is 6.54 Å². The number of oxazole rings is 1. The van der Waals surface area contributed by atoms with Crippen LogP contribution in [0, 0.1) is 0 Å². The number of carbonyl (C=O) groups excluding carboxylic acids is 1. The Morgan fingerprint density at radius 3 is 3.14 bits per heavy atom. The minimum absolute atomic E-state index is 0.261. The lowest BCUT2D eigenvalue weighted by molar-refractivity contribution is 0.0943. The van der Waals surface area contributed by atoms with Gasteiger partial charge in [-0.25, -0.2) is 4.98 Å². The van der Waals surface area contributed by atoms with Crippen molar-refractivity contribution in [3.05, 3.63) is 42.5 Å². The number of amides is 1. The molecule has 0 aliphatic carbocycles. The van der Waals surface area contributed by atoms with Crippen LogP contribution in [0.1, 0.15) is 16.2 Å². The molecule has 2 rings (SSSR count). The molecule has 2 aromatic heterocycles. The zero-order chi connectivity index (χ0) is 9.80. The maximum absolute atomic E-state index is 11.3. The first-order chi connectivity index (χ1) is 6.86. The third-order valence-corrected chi connectivity index (χ3v) is 1.67. The highest BCUT2D eigenvalue weighted by Crippen LogP contribution is 2.00. The van der Waals surface area contributed by atoms with Crippen LogP contribution in [0.2, 0.25) is 0 Å². The van der Waals surface area contributed by atoms with Crippen LogP contribution in [-0.2, 0) is 6.54 Å². The van der Waals surface area contributed by atoms with Gasteiger partial charge in [-0.3, -0.25) is 4.79 Å². The monoisotopic (exact) mass is 192 g/mol. The zero-order valence-electron chi connectivity index (χ0n) is 7.27. The second kappa shape index (κ2) is 3.78. The average molecular weight is 192 g/mol. The first-order valence-corrected chi connectivity index (χ1v) is 4.05. The summed E-state index contributed by atoms with van der Waals surface area (Å²) in [7, 11) is 0. The third kappa shape index (κ3) is 1.82. The number of hydrogen-bond acceptors (Lipinski definition) is 4. The molecule has 2 aromatic rings. The molecule has 0 unspecified atom stereocenters. The zero-order valence-corrected chi connectivity index (χ0v) is 7.27. The molecule has 0 atom stereocenters. The molecule has 5 nitrogen and oxygen atoms in total. The highest BCUT2D eigenvalue weighted by Gasteiger charge is 2.08. The van der Waals surface area contributed by atoms with Gasteiger partial charge in [0.2, 0.25) is 0 Å². The summed E-state index contributed by atoms with van der Waals surface area (Å²) in [6.45, 7) is 0.346. The smallest absolute Gasteiger partial charge is 0.273 e. The minimum Gasteiger partial charge on any atom is -0.467 e. The fraction of sp³-hybridized carbons (Fsp3) is 0.111. The molecule has 0 aliphatic rings. The number of carbonyl (C=O) groups is 1. The summed E-state index contributed by atoms with van der Waals surface area (Å²) < 4.78 is 9.72. The number of furan rings is 1. The van der Waals surface area contributed by atoms with Crippen molar-refractivity contribution in [2.75, 3.05) is 0 Å². The Balaban J connectivity index is 1.90. The molecular formula is C9H8N2O3. The number of rotatable bonds is 3. The summed E-state index contributed by atoms with van der Waals surface area (Å²) >= 11 is 0. The van der Waals surface area contributed by atoms with E-state index >= 15 is 0 Å². The highest BCUT2D eigenvalue weighted by atomic mass is 16.3. The summed E-state index contributed by atoms with van der Waals surface area (Å²) in [5, 5.41) is 2.63. The lowest BCUT2D eigenvalue weighted by atomic mass is 10.4. The van der Waals surface area contributed by atoms with Gasteiger partial charge in [0.1, 0.15) is 12.0 Å². The van der Waals surface area contributed by atoms with Gasteiger partial charge in [-0.2, -0.15) is 0 Å². The van der Waals surface area contributed by atoms with Crippen LogP contribution in [0.5, 0.6) is 0 Å². The normalized spacial score (nSPS) is 10.0. The van der Waals surface area contributed by atoms with E-state index in [-0.39, 0.29) is 11.6 Å². The van der Waals surface area contributed by atoms with Crippen molar-refractivity contribution >= 4 is 5.91 Å². The van der Waals surface area contributed by atoms with Gasteiger partial charge in [0.25, 0.3) is 5.91 Å². The van der Waals surface area contributed by atoms with Gasteiger partial charge in [-0.15, -0.1) is 0 Å². The molecule has 1 N–H and O–H groups in total. The quantitative estimate of drug-likeness (QED) is 0.793. The van der Waals surface area contributed by atoms with Gasteiger partial charge in [-0.1, -0.05) is 0 Å². The molecule has 0 saturated heterocycles. The van der Waals surface area contributed by atoms with Crippen molar-refractivity contribution in [3.63, 3.8) is 0 Å². The van der Waals surface area contributed by atoms with Gasteiger partial charge in [0.15, 0.2) is 12.1 Å². The lowest BCUT2D eigenvalue weighted by Crippen LogP contribution is -2.22. The number of nitrogens with one attached hydrogen (secondary N) is 1. The van der Waals surface area contributed by atoms with E-state index in [0.29, 0.717) is 12.3 Å². The Kier molecular flexibility index (Phi) is 2.31. The molecule has 0 spiro atoms. The molecule has 1 amide bonds. The molecule has 0 aromatic carbocycles. The van der Waals surface area contributed by atoms with E-state index in [1.807, 2.05) is 0 Å². The van der Waals surface area contributed by atoms with Crippen molar-refractivity contribution in [1.29, 1.82) is 0 Å². The predicted octanol–water partition coefficient (Wildman–Crippen LogP) is 1.20. The molecule has 14 heavy (non-hydrogen) atoms. The van der Waals surface area contributed by atoms with E-state index in [2.05, 4.69) is 14.7 Å². The van der Waals surface area contributed by atoms with E-state index in [9.17, 15) is 4.79 Å².